The van der Waals surface area contributed by atoms with Crippen LogP contribution in [0.5, 0.6) is 0 Å². The van der Waals surface area contributed by atoms with Gasteiger partial charge in [-0.2, -0.15) is 0 Å². The van der Waals surface area contributed by atoms with Gasteiger partial charge in [-0.1, -0.05) is 142 Å². The second kappa shape index (κ2) is 41.6. The maximum absolute atomic E-state index is 12.7. The lowest BCUT2D eigenvalue weighted by Crippen LogP contribution is -2.37. The van der Waals surface area contributed by atoms with Gasteiger partial charge in [-0.3, -0.25) is 9.36 Å². The number of unbranched alkanes of at least 4 members (excludes halogenated alkanes) is 5. The van der Waals surface area contributed by atoms with Crippen molar-refractivity contribution < 1.29 is 37.3 Å². The van der Waals surface area contributed by atoms with Crippen LogP contribution in [-0.4, -0.2) is 70.7 Å². The first kappa shape index (κ1) is 55.9. The SMILES string of the molecule is CC/C=C\C/C=C\C/C=C\C/C=C\C/C=C\CCCCCC(=O)OC(COCCCC/C=C\C/C=C\C/C=C\C/C=C\C/C=C\CC)COP(=O)([O-])OCC[N+](C)(C)C. The first-order valence-electron chi connectivity index (χ1n) is 22.3. The average Bonchev–Trinajstić information content (AvgIpc) is 3.19. The minimum absolute atomic E-state index is 0.00272. The van der Waals surface area contributed by atoms with Gasteiger partial charge in [0.05, 0.1) is 34.4 Å². The van der Waals surface area contributed by atoms with Crippen LogP contribution in [0.3, 0.4) is 0 Å². The molecule has 0 fully saturated rings. The number of carbonyl (C=O) groups excluding carboxylic acids is 1. The van der Waals surface area contributed by atoms with Crippen LogP contribution in [0, 0.1) is 0 Å². The molecule has 9 heteroatoms. The number of esters is 1. The first-order chi connectivity index (χ1) is 28.6. The van der Waals surface area contributed by atoms with E-state index < -0.39 is 13.9 Å². The van der Waals surface area contributed by atoms with Gasteiger partial charge >= 0.3 is 5.97 Å². The summed E-state index contributed by atoms with van der Waals surface area (Å²) in [5, 5.41) is 0. The van der Waals surface area contributed by atoms with Crippen LogP contribution in [0.25, 0.3) is 0 Å². The van der Waals surface area contributed by atoms with E-state index in [1.165, 1.54) is 0 Å². The number of phosphoric acid groups is 1. The summed E-state index contributed by atoms with van der Waals surface area (Å²) in [5.41, 5.74) is 0. The van der Waals surface area contributed by atoms with E-state index in [0.717, 1.165) is 103 Å². The molecular weight excluding hydrogens is 758 g/mol. The number of phosphoric ester groups is 1. The van der Waals surface area contributed by atoms with Crippen LogP contribution in [0.2, 0.25) is 0 Å². The van der Waals surface area contributed by atoms with Crippen molar-refractivity contribution in [1.82, 2.24) is 0 Å². The second-order valence-corrected chi connectivity index (χ2v) is 16.7. The normalized spacial score (nSPS) is 14.9. The van der Waals surface area contributed by atoms with E-state index in [-0.39, 0.29) is 32.2 Å². The Bertz CT molecular complexity index is 1350. The third kappa shape index (κ3) is 45.8. The van der Waals surface area contributed by atoms with E-state index in [9.17, 15) is 14.3 Å². The average molecular weight is 840 g/mol. The number of allylic oxidation sites excluding steroid dienone is 20. The van der Waals surface area contributed by atoms with Crippen molar-refractivity contribution in [1.29, 1.82) is 0 Å². The molecule has 0 heterocycles. The van der Waals surface area contributed by atoms with Gasteiger partial charge in [-0.15, -0.1) is 0 Å². The monoisotopic (exact) mass is 840 g/mol. The summed E-state index contributed by atoms with van der Waals surface area (Å²) in [6, 6.07) is 0. The van der Waals surface area contributed by atoms with Crippen molar-refractivity contribution in [2.75, 3.05) is 54.1 Å². The second-order valence-electron chi connectivity index (χ2n) is 15.3. The lowest BCUT2D eigenvalue weighted by atomic mass is 10.1. The third-order valence-electron chi connectivity index (χ3n) is 8.51. The molecule has 0 radical (unpaired) electrons. The topological polar surface area (TPSA) is 94.1 Å². The Hall–Kier alpha value is -3.10. The summed E-state index contributed by atoms with van der Waals surface area (Å²) >= 11 is 0. The molecule has 334 valence electrons. The predicted molar refractivity (Wildman–Crippen MR) is 249 cm³/mol. The molecule has 59 heavy (non-hydrogen) atoms. The Morgan fingerprint density at radius 1 is 0.525 bits per heavy atom. The molecule has 0 amide bonds. The summed E-state index contributed by atoms with van der Waals surface area (Å²) in [7, 11) is 1.28. The molecule has 0 aromatic rings. The minimum atomic E-state index is -4.56. The molecule has 0 rings (SSSR count). The van der Waals surface area contributed by atoms with Crippen LogP contribution in [0.15, 0.2) is 122 Å². The summed E-state index contributed by atoms with van der Waals surface area (Å²) < 4.78 is 34.5. The van der Waals surface area contributed by atoms with Gasteiger partial charge in [0.25, 0.3) is 7.82 Å². The molecule has 0 N–H and O–H groups in total. The molecule has 0 saturated heterocycles. The van der Waals surface area contributed by atoms with E-state index >= 15 is 0 Å². The molecule has 0 aromatic carbocycles. The predicted octanol–water partition coefficient (Wildman–Crippen LogP) is 12.7. The Labute approximate surface area is 361 Å². The highest BCUT2D eigenvalue weighted by Crippen LogP contribution is 2.38. The molecule has 0 aliphatic carbocycles. The van der Waals surface area contributed by atoms with Crippen LogP contribution in [0.1, 0.15) is 129 Å². The minimum Gasteiger partial charge on any atom is -0.756 e. The fourth-order valence-electron chi connectivity index (χ4n) is 5.13. The Morgan fingerprint density at radius 3 is 1.36 bits per heavy atom. The summed E-state index contributed by atoms with van der Waals surface area (Å²) in [6.45, 7) is 4.97. The molecular formula is C50H82NO7P. The fraction of sp³-hybridized carbons (Fsp3) is 0.580. The van der Waals surface area contributed by atoms with Gasteiger partial charge in [0.15, 0.2) is 0 Å². The number of rotatable bonds is 39. The zero-order valence-corrected chi connectivity index (χ0v) is 38.5. The maximum Gasteiger partial charge on any atom is 0.306 e. The fourth-order valence-corrected chi connectivity index (χ4v) is 5.85. The van der Waals surface area contributed by atoms with Crippen molar-refractivity contribution in [3.05, 3.63) is 122 Å². The number of likely N-dealkylation sites (N-methyl/N-ethyl adjacent to an activating group) is 1. The molecule has 0 aliphatic rings. The molecule has 0 spiro atoms. The third-order valence-corrected chi connectivity index (χ3v) is 9.47. The Balaban J connectivity index is 4.42. The quantitative estimate of drug-likeness (QED) is 0.0200. The Morgan fingerprint density at radius 2 is 0.932 bits per heavy atom. The standard InChI is InChI=1S/C50H82NO7P/c1-6-8-10-12-14-16-18-20-22-24-26-27-29-31-33-35-37-39-41-43-50(52)58-49(48-57-59(53,54)56-46-44-51(3,4)5)47-55-45-42-40-38-36-34-32-30-28-25-23-21-19-17-15-13-11-9-7-2/h8-11,14-17,20-23,26-28,30-31,33-34,36,49H,6-7,12-13,18-19,24-25,29,32,35,37-48H2,1-5H3/b10-8-,11-9-,16-14-,17-15-,22-20-,23-21-,27-26-,30-28-,33-31-,36-34-. The summed E-state index contributed by atoms with van der Waals surface area (Å²) in [6.07, 6.45) is 59.4. The molecule has 0 saturated carbocycles. The molecule has 0 bridgehead atoms. The van der Waals surface area contributed by atoms with E-state index in [0.29, 0.717) is 24.1 Å². The van der Waals surface area contributed by atoms with Gasteiger partial charge in [-0.05, 0) is 103 Å². The smallest absolute Gasteiger partial charge is 0.306 e. The molecule has 2 unspecified atom stereocenters. The van der Waals surface area contributed by atoms with Gasteiger partial charge in [0, 0.05) is 13.0 Å². The van der Waals surface area contributed by atoms with Crippen LogP contribution in [-0.2, 0) is 27.9 Å². The highest BCUT2D eigenvalue weighted by Gasteiger charge is 2.20. The number of quaternary nitrogens is 1. The van der Waals surface area contributed by atoms with Crippen molar-refractivity contribution >= 4 is 13.8 Å². The number of hydrogen-bond acceptors (Lipinski definition) is 7. The van der Waals surface area contributed by atoms with Crippen LogP contribution >= 0.6 is 7.82 Å². The number of carbonyl (C=O) groups is 1. The molecule has 0 aromatic heterocycles. The van der Waals surface area contributed by atoms with E-state index in [2.05, 4.69) is 135 Å². The van der Waals surface area contributed by atoms with E-state index in [1.54, 1.807) is 0 Å². The van der Waals surface area contributed by atoms with Gasteiger partial charge in [0.1, 0.15) is 19.3 Å². The summed E-state index contributed by atoms with van der Waals surface area (Å²) in [5.74, 6) is -0.387. The van der Waals surface area contributed by atoms with Gasteiger partial charge < -0.3 is 27.9 Å². The molecule has 2 atom stereocenters. The maximum atomic E-state index is 12.7. The lowest BCUT2D eigenvalue weighted by Gasteiger charge is -2.28. The van der Waals surface area contributed by atoms with Crippen molar-refractivity contribution in [3.63, 3.8) is 0 Å². The van der Waals surface area contributed by atoms with Gasteiger partial charge in [0.2, 0.25) is 0 Å². The van der Waals surface area contributed by atoms with E-state index in [1.807, 2.05) is 21.1 Å². The van der Waals surface area contributed by atoms with Crippen LogP contribution < -0.4 is 4.89 Å². The highest BCUT2D eigenvalue weighted by molar-refractivity contribution is 7.45. The lowest BCUT2D eigenvalue weighted by molar-refractivity contribution is -0.870. The Kier molecular flexibility index (Phi) is 39.4. The van der Waals surface area contributed by atoms with Crippen molar-refractivity contribution in [2.45, 2.75) is 136 Å². The van der Waals surface area contributed by atoms with Crippen LogP contribution in [0.4, 0.5) is 0 Å². The highest BCUT2D eigenvalue weighted by atomic mass is 31.2. The number of hydrogen-bond donors (Lipinski definition) is 0. The van der Waals surface area contributed by atoms with Gasteiger partial charge in [-0.25, -0.2) is 0 Å². The van der Waals surface area contributed by atoms with Crippen molar-refractivity contribution in [2.24, 2.45) is 0 Å². The molecule has 0 aliphatic heterocycles. The number of ether oxygens (including phenoxy) is 2. The molecule has 8 nitrogen and oxygen atoms in total. The first-order valence-corrected chi connectivity index (χ1v) is 23.7. The van der Waals surface area contributed by atoms with Crippen molar-refractivity contribution in [3.8, 4) is 0 Å². The zero-order chi connectivity index (χ0) is 43.4. The summed E-state index contributed by atoms with van der Waals surface area (Å²) in [4.78, 5) is 25.1. The van der Waals surface area contributed by atoms with E-state index in [4.69, 9.17) is 18.5 Å². The number of nitrogens with zero attached hydrogens (tertiary/aromatic N) is 1. The largest absolute Gasteiger partial charge is 0.756 e. The zero-order valence-electron chi connectivity index (χ0n) is 37.6.